The molecule has 1 atom stereocenters. The molecule has 2 heterocycles. The largest absolute Gasteiger partial charge is 0.466 e. The van der Waals surface area contributed by atoms with Crippen LogP contribution < -0.4 is 5.32 Å². The molecule has 0 spiro atoms. The number of hydrogen-bond acceptors (Lipinski definition) is 6. The molecule has 9 heteroatoms. The first kappa shape index (κ1) is 22.9. The van der Waals surface area contributed by atoms with Crippen molar-refractivity contribution in [2.45, 2.75) is 32.4 Å². The molecule has 0 bridgehead atoms. The van der Waals surface area contributed by atoms with Crippen molar-refractivity contribution in [2.24, 2.45) is 0 Å². The van der Waals surface area contributed by atoms with Crippen LogP contribution in [-0.2, 0) is 31.2 Å². The van der Waals surface area contributed by atoms with Gasteiger partial charge in [0.25, 0.3) is 5.91 Å². The predicted molar refractivity (Wildman–Crippen MR) is 115 cm³/mol. The molecule has 1 N–H and O–H groups in total. The average molecular weight is 438 g/mol. The maximum absolute atomic E-state index is 13.1. The van der Waals surface area contributed by atoms with Crippen molar-refractivity contribution in [3.05, 3.63) is 66.0 Å². The van der Waals surface area contributed by atoms with Crippen molar-refractivity contribution in [3.8, 4) is 0 Å². The van der Waals surface area contributed by atoms with Gasteiger partial charge in [0.05, 0.1) is 13.0 Å². The molecule has 0 unspecified atom stereocenters. The van der Waals surface area contributed by atoms with Crippen molar-refractivity contribution < 1.29 is 23.9 Å². The highest BCUT2D eigenvalue weighted by Crippen LogP contribution is 2.28. The number of imide groups is 1. The number of pyridine rings is 1. The van der Waals surface area contributed by atoms with Gasteiger partial charge in [-0.2, -0.15) is 0 Å². The highest BCUT2D eigenvalue weighted by molar-refractivity contribution is 6.09. The number of carbonyl (C=O) groups excluding carboxylic acids is 4. The smallest absolute Gasteiger partial charge is 0.325 e. The lowest BCUT2D eigenvalue weighted by molar-refractivity contribution is -0.145. The summed E-state index contributed by atoms with van der Waals surface area (Å²) in [5.74, 6) is -1.39. The molecule has 2 aromatic rings. The number of benzene rings is 1. The Morgan fingerprint density at radius 2 is 1.91 bits per heavy atom. The molecule has 4 amide bonds. The Morgan fingerprint density at radius 1 is 1.16 bits per heavy atom. The Kier molecular flexibility index (Phi) is 7.19. The SMILES string of the molecule is CCOC(=O)CCN(Cc1cccnc1)C(=O)CN1C(=O)N[C@](C)(c2ccccc2)C1=O. The molecule has 0 radical (unpaired) electrons. The summed E-state index contributed by atoms with van der Waals surface area (Å²) < 4.78 is 4.95. The lowest BCUT2D eigenvalue weighted by Gasteiger charge is -2.25. The van der Waals surface area contributed by atoms with Gasteiger partial charge in [0.15, 0.2) is 0 Å². The van der Waals surface area contributed by atoms with E-state index >= 15 is 0 Å². The van der Waals surface area contributed by atoms with Crippen LogP contribution in [-0.4, -0.2) is 58.3 Å². The number of nitrogens with zero attached hydrogens (tertiary/aromatic N) is 3. The Hall–Kier alpha value is -3.75. The molecule has 1 saturated heterocycles. The predicted octanol–water partition coefficient (Wildman–Crippen LogP) is 1.83. The van der Waals surface area contributed by atoms with Crippen LogP contribution in [0, 0.1) is 0 Å². The van der Waals surface area contributed by atoms with Gasteiger partial charge in [-0.05, 0) is 31.0 Å². The van der Waals surface area contributed by atoms with E-state index < -0.39 is 35.9 Å². The fourth-order valence-electron chi connectivity index (χ4n) is 3.51. The highest BCUT2D eigenvalue weighted by Gasteiger charge is 2.49. The summed E-state index contributed by atoms with van der Waals surface area (Å²) in [5.41, 5.74) is 0.136. The number of amides is 4. The number of nitrogens with one attached hydrogen (secondary N) is 1. The number of hydrogen-bond donors (Lipinski definition) is 1. The summed E-state index contributed by atoms with van der Waals surface area (Å²) in [7, 11) is 0. The number of urea groups is 1. The lowest BCUT2D eigenvalue weighted by Crippen LogP contribution is -2.45. The van der Waals surface area contributed by atoms with Gasteiger partial charge >= 0.3 is 12.0 Å². The van der Waals surface area contributed by atoms with E-state index in [9.17, 15) is 19.2 Å². The first-order valence-electron chi connectivity index (χ1n) is 10.4. The summed E-state index contributed by atoms with van der Waals surface area (Å²) >= 11 is 0. The van der Waals surface area contributed by atoms with Crippen molar-refractivity contribution in [1.29, 1.82) is 0 Å². The number of rotatable bonds is 9. The van der Waals surface area contributed by atoms with Crippen molar-refractivity contribution in [1.82, 2.24) is 20.1 Å². The van der Waals surface area contributed by atoms with Crippen LogP contribution in [0.3, 0.4) is 0 Å². The summed E-state index contributed by atoms with van der Waals surface area (Å²) in [4.78, 5) is 57.0. The maximum Gasteiger partial charge on any atom is 0.325 e. The normalized spacial score (nSPS) is 17.8. The van der Waals surface area contributed by atoms with Crippen LogP contribution >= 0.6 is 0 Å². The van der Waals surface area contributed by atoms with Gasteiger partial charge < -0.3 is 15.0 Å². The lowest BCUT2D eigenvalue weighted by atomic mass is 9.92. The standard InChI is InChI=1S/C23H26N4O5/c1-3-32-20(29)11-13-26(15-17-8-7-12-24-14-17)19(28)16-27-21(30)23(2,25-22(27)31)18-9-5-4-6-10-18/h4-10,12,14H,3,11,13,15-16H2,1-2H3,(H,25,31)/t23-/m1/s1. The minimum absolute atomic E-state index is 0.00170. The van der Waals surface area contributed by atoms with Gasteiger partial charge in [0, 0.05) is 25.5 Å². The third-order valence-electron chi connectivity index (χ3n) is 5.26. The minimum atomic E-state index is -1.25. The van der Waals surface area contributed by atoms with Crippen LogP contribution in [0.25, 0.3) is 0 Å². The van der Waals surface area contributed by atoms with E-state index in [0.29, 0.717) is 5.56 Å². The van der Waals surface area contributed by atoms with E-state index in [1.165, 1.54) is 4.90 Å². The van der Waals surface area contributed by atoms with Gasteiger partial charge in [0.1, 0.15) is 12.1 Å². The molecule has 32 heavy (non-hydrogen) atoms. The Bertz CT molecular complexity index is 982. The van der Waals surface area contributed by atoms with E-state index in [2.05, 4.69) is 10.3 Å². The van der Waals surface area contributed by atoms with E-state index in [4.69, 9.17) is 4.74 Å². The second-order valence-corrected chi connectivity index (χ2v) is 7.54. The number of aromatic nitrogens is 1. The first-order valence-corrected chi connectivity index (χ1v) is 10.4. The van der Waals surface area contributed by atoms with Crippen molar-refractivity contribution in [2.75, 3.05) is 19.7 Å². The topological polar surface area (TPSA) is 109 Å². The van der Waals surface area contributed by atoms with Crippen LogP contribution in [0.4, 0.5) is 4.79 Å². The van der Waals surface area contributed by atoms with Crippen molar-refractivity contribution in [3.63, 3.8) is 0 Å². The Labute approximate surface area is 186 Å². The Balaban J connectivity index is 1.75. The molecule has 1 aliphatic rings. The van der Waals surface area contributed by atoms with Crippen LogP contribution in [0.1, 0.15) is 31.4 Å². The highest BCUT2D eigenvalue weighted by atomic mass is 16.5. The quantitative estimate of drug-likeness (QED) is 0.473. The first-order chi connectivity index (χ1) is 15.3. The molecule has 1 fully saturated rings. The fraction of sp³-hybridized carbons (Fsp3) is 0.348. The van der Waals surface area contributed by atoms with Crippen LogP contribution in [0.15, 0.2) is 54.9 Å². The zero-order valence-electron chi connectivity index (χ0n) is 18.1. The van der Waals surface area contributed by atoms with Crippen molar-refractivity contribution >= 4 is 23.8 Å². The van der Waals surface area contributed by atoms with Gasteiger partial charge in [0.2, 0.25) is 5.91 Å². The second-order valence-electron chi connectivity index (χ2n) is 7.54. The molecule has 0 saturated carbocycles. The van der Waals surface area contributed by atoms with Gasteiger partial charge in [-0.3, -0.25) is 24.3 Å². The van der Waals surface area contributed by atoms with Gasteiger partial charge in [-0.25, -0.2) is 4.79 Å². The van der Waals surface area contributed by atoms with Gasteiger partial charge in [-0.1, -0.05) is 36.4 Å². The molecular weight excluding hydrogens is 412 g/mol. The third-order valence-corrected chi connectivity index (χ3v) is 5.26. The number of esters is 1. The van der Waals surface area contributed by atoms with E-state index in [-0.39, 0.29) is 26.1 Å². The average Bonchev–Trinajstić information content (AvgIpc) is 3.02. The fourth-order valence-corrected chi connectivity index (χ4v) is 3.51. The van der Waals surface area contributed by atoms with E-state index in [1.54, 1.807) is 62.6 Å². The molecule has 3 rings (SSSR count). The maximum atomic E-state index is 13.1. The number of carbonyl (C=O) groups is 4. The zero-order valence-corrected chi connectivity index (χ0v) is 18.1. The minimum Gasteiger partial charge on any atom is -0.466 e. The van der Waals surface area contributed by atoms with Gasteiger partial charge in [-0.15, -0.1) is 0 Å². The molecule has 1 aliphatic heterocycles. The van der Waals surface area contributed by atoms with Crippen LogP contribution in [0.2, 0.25) is 0 Å². The Morgan fingerprint density at radius 3 is 2.56 bits per heavy atom. The number of ether oxygens (including phenoxy) is 1. The molecule has 0 aliphatic carbocycles. The van der Waals surface area contributed by atoms with E-state index in [0.717, 1.165) is 10.5 Å². The monoisotopic (exact) mass is 438 g/mol. The molecule has 1 aromatic carbocycles. The molecule has 168 valence electrons. The zero-order chi connectivity index (χ0) is 23.1. The summed E-state index contributed by atoms with van der Waals surface area (Å²) in [6.07, 6.45) is 3.23. The second kappa shape index (κ2) is 10.0. The molecule has 1 aromatic heterocycles. The molecule has 9 nitrogen and oxygen atoms in total. The van der Waals surface area contributed by atoms with Crippen LogP contribution in [0.5, 0.6) is 0 Å². The summed E-state index contributed by atoms with van der Waals surface area (Å²) in [6.45, 7) is 3.41. The third kappa shape index (κ3) is 5.11. The summed E-state index contributed by atoms with van der Waals surface area (Å²) in [5, 5.41) is 2.69. The molecular formula is C23H26N4O5. The summed E-state index contributed by atoms with van der Waals surface area (Å²) in [6, 6.07) is 11.8. The van der Waals surface area contributed by atoms with E-state index in [1.807, 2.05) is 6.07 Å².